The van der Waals surface area contributed by atoms with Crippen LogP contribution in [-0.2, 0) is 4.74 Å². The molecule has 0 aliphatic carbocycles. The van der Waals surface area contributed by atoms with E-state index < -0.39 is 0 Å². The van der Waals surface area contributed by atoms with Crippen molar-refractivity contribution in [2.75, 3.05) is 0 Å². The van der Waals surface area contributed by atoms with Gasteiger partial charge in [-0.3, -0.25) is 15.0 Å². The molecule has 112 valence electrons. The van der Waals surface area contributed by atoms with Gasteiger partial charge in [-0.25, -0.2) is 4.99 Å². The maximum absolute atomic E-state index is 6.17. The van der Waals surface area contributed by atoms with Crippen LogP contribution in [0, 0.1) is 0 Å². The lowest BCUT2D eigenvalue weighted by Crippen LogP contribution is -2.09. The molecular weight excluding hydrogens is 288 g/mol. The van der Waals surface area contributed by atoms with Crippen molar-refractivity contribution in [2.45, 2.75) is 12.1 Å². The van der Waals surface area contributed by atoms with E-state index in [1.807, 2.05) is 36.4 Å². The third kappa shape index (κ3) is 2.68. The number of aliphatic imine (C=N–C) groups is 1. The van der Waals surface area contributed by atoms with Crippen LogP contribution in [0.2, 0.25) is 0 Å². The Labute approximate surface area is 133 Å². The highest BCUT2D eigenvalue weighted by atomic mass is 16.5. The van der Waals surface area contributed by atoms with Gasteiger partial charge in [-0.05, 0) is 47.5 Å². The first-order valence-electron chi connectivity index (χ1n) is 7.36. The van der Waals surface area contributed by atoms with Gasteiger partial charge in [0, 0.05) is 42.7 Å². The molecule has 0 N–H and O–H groups in total. The molecule has 0 saturated carbocycles. The Morgan fingerprint density at radius 1 is 0.652 bits per heavy atom. The van der Waals surface area contributed by atoms with E-state index in [-0.39, 0.29) is 12.1 Å². The molecule has 3 aromatic heterocycles. The number of rotatable bonds is 3. The molecule has 2 unspecified atom stereocenters. The Morgan fingerprint density at radius 2 is 1.17 bits per heavy atom. The summed E-state index contributed by atoms with van der Waals surface area (Å²) in [6, 6.07) is 11.6. The van der Waals surface area contributed by atoms with Crippen molar-refractivity contribution >= 4 is 5.90 Å². The fourth-order valence-corrected chi connectivity index (χ4v) is 2.66. The maximum Gasteiger partial charge on any atom is 0.217 e. The van der Waals surface area contributed by atoms with Gasteiger partial charge in [-0.1, -0.05) is 0 Å². The van der Waals surface area contributed by atoms with Gasteiger partial charge < -0.3 is 4.74 Å². The van der Waals surface area contributed by atoms with E-state index in [2.05, 4.69) is 15.0 Å². The monoisotopic (exact) mass is 302 g/mol. The molecule has 0 saturated heterocycles. The predicted molar refractivity (Wildman–Crippen MR) is 85.8 cm³/mol. The highest BCUT2D eigenvalue weighted by Crippen LogP contribution is 2.40. The van der Waals surface area contributed by atoms with Crippen molar-refractivity contribution in [1.29, 1.82) is 0 Å². The standard InChI is InChI=1S/C18H14N4O/c1-7-19-8-2-13(1)16-17(14-3-9-20-10-4-14)23-18(22-16)15-5-11-21-12-6-15/h1-12,16-17H. The molecule has 0 radical (unpaired) electrons. The number of hydrogen-bond acceptors (Lipinski definition) is 5. The molecule has 0 spiro atoms. The second-order valence-electron chi connectivity index (χ2n) is 5.21. The highest BCUT2D eigenvalue weighted by molar-refractivity contribution is 5.95. The summed E-state index contributed by atoms with van der Waals surface area (Å²) in [4.78, 5) is 17.0. The van der Waals surface area contributed by atoms with Gasteiger partial charge in [0.15, 0.2) is 6.10 Å². The lowest BCUT2D eigenvalue weighted by Gasteiger charge is -2.18. The average molecular weight is 302 g/mol. The van der Waals surface area contributed by atoms with E-state index in [1.165, 1.54) is 0 Å². The van der Waals surface area contributed by atoms with Gasteiger partial charge in [0.25, 0.3) is 0 Å². The molecule has 5 heteroatoms. The molecule has 1 aliphatic heterocycles. The summed E-state index contributed by atoms with van der Waals surface area (Å²) < 4.78 is 6.17. The van der Waals surface area contributed by atoms with E-state index >= 15 is 0 Å². The van der Waals surface area contributed by atoms with Gasteiger partial charge in [-0.2, -0.15) is 0 Å². The van der Waals surface area contributed by atoms with Gasteiger partial charge >= 0.3 is 0 Å². The van der Waals surface area contributed by atoms with Crippen LogP contribution in [0.5, 0.6) is 0 Å². The Kier molecular flexibility index (Phi) is 3.52. The third-order valence-electron chi connectivity index (χ3n) is 3.79. The first-order chi connectivity index (χ1) is 11.4. The van der Waals surface area contributed by atoms with Crippen LogP contribution in [-0.4, -0.2) is 20.8 Å². The van der Waals surface area contributed by atoms with Crippen molar-refractivity contribution in [3.63, 3.8) is 0 Å². The first-order valence-corrected chi connectivity index (χ1v) is 7.36. The minimum Gasteiger partial charge on any atom is -0.467 e. The van der Waals surface area contributed by atoms with E-state index in [9.17, 15) is 0 Å². The molecule has 0 amide bonds. The van der Waals surface area contributed by atoms with E-state index in [1.54, 1.807) is 37.2 Å². The van der Waals surface area contributed by atoms with Crippen molar-refractivity contribution in [2.24, 2.45) is 4.99 Å². The van der Waals surface area contributed by atoms with Crippen LogP contribution < -0.4 is 0 Å². The summed E-state index contributed by atoms with van der Waals surface area (Å²) in [5.41, 5.74) is 3.05. The summed E-state index contributed by atoms with van der Waals surface area (Å²) in [7, 11) is 0. The molecule has 5 nitrogen and oxygen atoms in total. The number of aromatic nitrogens is 3. The molecule has 4 rings (SSSR count). The van der Waals surface area contributed by atoms with Gasteiger partial charge in [0.05, 0.1) is 0 Å². The molecule has 1 aliphatic rings. The second kappa shape index (κ2) is 5.96. The maximum atomic E-state index is 6.17. The third-order valence-corrected chi connectivity index (χ3v) is 3.79. The zero-order valence-corrected chi connectivity index (χ0v) is 12.3. The predicted octanol–water partition coefficient (Wildman–Crippen LogP) is 3.13. The fourth-order valence-electron chi connectivity index (χ4n) is 2.66. The average Bonchev–Trinajstić information content (AvgIpc) is 3.09. The van der Waals surface area contributed by atoms with E-state index in [0.29, 0.717) is 5.90 Å². The molecule has 0 aromatic carbocycles. The van der Waals surface area contributed by atoms with Crippen LogP contribution in [0.4, 0.5) is 0 Å². The molecule has 0 fully saturated rings. The Hall–Kier alpha value is -3.08. The zero-order valence-electron chi connectivity index (χ0n) is 12.3. The number of nitrogens with zero attached hydrogens (tertiary/aromatic N) is 4. The van der Waals surface area contributed by atoms with Gasteiger partial charge in [-0.15, -0.1) is 0 Å². The van der Waals surface area contributed by atoms with Crippen LogP contribution in [0.1, 0.15) is 28.8 Å². The largest absolute Gasteiger partial charge is 0.467 e. The summed E-state index contributed by atoms with van der Waals surface area (Å²) in [5.74, 6) is 0.635. The normalized spacial score (nSPS) is 19.9. The lowest BCUT2D eigenvalue weighted by atomic mass is 9.98. The Balaban J connectivity index is 1.75. The van der Waals surface area contributed by atoms with Crippen LogP contribution in [0.15, 0.2) is 78.6 Å². The lowest BCUT2D eigenvalue weighted by molar-refractivity contribution is 0.197. The topological polar surface area (TPSA) is 60.3 Å². The minimum absolute atomic E-state index is 0.108. The highest BCUT2D eigenvalue weighted by Gasteiger charge is 2.34. The molecular formula is C18H14N4O. The molecule has 0 bridgehead atoms. The quantitative estimate of drug-likeness (QED) is 0.746. The van der Waals surface area contributed by atoms with Crippen LogP contribution >= 0.6 is 0 Å². The van der Waals surface area contributed by atoms with E-state index in [4.69, 9.17) is 9.73 Å². The number of ether oxygens (including phenoxy) is 1. The summed E-state index contributed by atoms with van der Waals surface area (Å²) in [6.07, 6.45) is 10.4. The summed E-state index contributed by atoms with van der Waals surface area (Å²) in [6.45, 7) is 0. The van der Waals surface area contributed by atoms with Crippen molar-refractivity contribution < 1.29 is 4.74 Å². The van der Waals surface area contributed by atoms with Gasteiger partial charge in [0.2, 0.25) is 5.90 Å². The molecule has 4 heterocycles. The van der Waals surface area contributed by atoms with Crippen molar-refractivity contribution in [3.05, 3.63) is 90.3 Å². The summed E-state index contributed by atoms with van der Waals surface area (Å²) >= 11 is 0. The smallest absolute Gasteiger partial charge is 0.217 e. The summed E-state index contributed by atoms with van der Waals surface area (Å²) in [5, 5.41) is 0. The Bertz CT molecular complexity index is 806. The second-order valence-corrected chi connectivity index (χ2v) is 5.21. The van der Waals surface area contributed by atoms with Gasteiger partial charge in [0.1, 0.15) is 6.04 Å². The van der Waals surface area contributed by atoms with Crippen molar-refractivity contribution in [3.8, 4) is 0 Å². The number of pyridine rings is 3. The Morgan fingerprint density at radius 3 is 1.78 bits per heavy atom. The minimum atomic E-state index is -0.177. The molecule has 23 heavy (non-hydrogen) atoms. The zero-order chi connectivity index (χ0) is 15.5. The number of hydrogen-bond donors (Lipinski definition) is 0. The van der Waals surface area contributed by atoms with Crippen LogP contribution in [0.25, 0.3) is 0 Å². The first kappa shape index (κ1) is 13.6. The molecule has 3 aromatic rings. The van der Waals surface area contributed by atoms with Crippen molar-refractivity contribution in [1.82, 2.24) is 15.0 Å². The van der Waals surface area contributed by atoms with Crippen LogP contribution in [0.3, 0.4) is 0 Å². The molecule has 2 atom stereocenters. The van der Waals surface area contributed by atoms with E-state index in [0.717, 1.165) is 16.7 Å². The fraction of sp³-hybridized carbons (Fsp3) is 0.111. The SMILES string of the molecule is c1cc(C2=NC(c3ccncc3)C(c3ccncc3)O2)ccn1.